The van der Waals surface area contributed by atoms with Gasteiger partial charge in [0, 0.05) is 13.1 Å². The highest BCUT2D eigenvalue weighted by atomic mass is 35.5. The zero-order valence-electron chi connectivity index (χ0n) is 11.9. The van der Waals surface area contributed by atoms with E-state index in [9.17, 15) is 0 Å². The molecule has 2 rings (SSSR count). The minimum absolute atomic E-state index is 0. The minimum Gasteiger partial charge on any atom is -0.494 e. The van der Waals surface area contributed by atoms with E-state index in [4.69, 9.17) is 10.5 Å². The minimum atomic E-state index is 0. The van der Waals surface area contributed by atoms with Crippen molar-refractivity contribution >= 4 is 12.4 Å². The Bertz CT molecular complexity index is 399. The van der Waals surface area contributed by atoms with Crippen molar-refractivity contribution in [3.8, 4) is 5.75 Å². The van der Waals surface area contributed by atoms with E-state index in [1.165, 1.54) is 12.0 Å². The molecule has 1 fully saturated rings. The summed E-state index contributed by atoms with van der Waals surface area (Å²) in [5, 5.41) is 0. The Morgan fingerprint density at radius 1 is 1.42 bits per heavy atom. The summed E-state index contributed by atoms with van der Waals surface area (Å²) in [5.74, 6) is 0.968. The molecule has 19 heavy (non-hydrogen) atoms. The number of hydrogen-bond acceptors (Lipinski definition) is 3. The van der Waals surface area contributed by atoms with Crippen LogP contribution in [0.1, 0.15) is 25.8 Å². The van der Waals surface area contributed by atoms with Crippen molar-refractivity contribution in [1.29, 1.82) is 0 Å². The highest BCUT2D eigenvalue weighted by molar-refractivity contribution is 5.85. The van der Waals surface area contributed by atoms with Crippen LogP contribution in [-0.2, 0) is 6.54 Å². The first-order valence-electron chi connectivity index (χ1n) is 6.79. The van der Waals surface area contributed by atoms with Gasteiger partial charge in [-0.25, -0.2) is 0 Å². The molecule has 1 aliphatic heterocycles. The Morgan fingerprint density at radius 3 is 2.84 bits per heavy atom. The van der Waals surface area contributed by atoms with Crippen LogP contribution in [-0.4, -0.2) is 31.1 Å². The van der Waals surface area contributed by atoms with Crippen molar-refractivity contribution in [1.82, 2.24) is 4.90 Å². The van der Waals surface area contributed by atoms with E-state index < -0.39 is 0 Å². The molecule has 0 aliphatic carbocycles. The molecule has 108 valence electrons. The average Bonchev–Trinajstić information content (AvgIpc) is 2.73. The number of nitrogens with two attached hydrogens (primary N) is 1. The van der Waals surface area contributed by atoms with Gasteiger partial charge in [0.15, 0.2) is 0 Å². The van der Waals surface area contributed by atoms with Crippen LogP contribution < -0.4 is 10.5 Å². The number of ether oxygens (including phenoxy) is 1. The van der Waals surface area contributed by atoms with E-state index in [0.717, 1.165) is 38.5 Å². The zero-order valence-corrected chi connectivity index (χ0v) is 12.7. The summed E-state index contributed by atoms with van der Waals surface area (Å²) in [6.07, 6.45) is 1.20. The second-order valence-electron chi connectivity index (χ2n) is 5.56. The molecule has 0 aromatic heterocycles. The molecule has 1 atom stereocenters. The Labute approximate surface area is 122 Å². The van der Waals surface area contributed by atoms with Crippen LogP contribution in [0.25, 0.3) is 0 Å². The molecule has 0 radical (unpaired) electrons. The van der Waals surface area contributed by atoms with Gasteiger partial charge in [0.2, 0.25) is 0 Å². The van der Waals surface area contributed by atoms with E-state index in [2.05, 4.69) is 30.0 Å². The lowest BCUT2D eigenvalue weighted by atomic mass is 9.90. The van der Waals surface area contributed by atoms with Crippen molar-refractivity contribution in [3.05, 3.63) is 29.8 Å². The van der Waals surface area contributed by atoms with Crippen LogP contribution in [0.4, 0.5) is 0 Å². The molecule has 0 saturated carbocycles. The molecule has 1 aliphatic rings. The molecular weight excluding hydrogens is 260 g/mol. The van der Waals surface area contributed by atoms with Crippen molar-refractivity contribution in [3.63, 3.8) is 0 Å². The van der Waals surface area contributed by atoms with Gasteiger partial charge in [0.25, 0.3) is 0 Å². The third-order valence-electron chi connectivity index (χ3n) is 3.75. The number of hydrogen-bond donors (Lipinski definition) is 1. The van der Waals surface area contributed by atoms with Crippen LogP contribution in [0, 0.1) is 5.41 Å². The Kier molecular flexibility index (Phi) is 6.11. The van der Waals surface area contributed by atoms with Gasteiger partial charge in [-0.15, -0.1) is 12.4 Å². The van der Waals surface area contributed by atoms with Crippen molar-refractivity contribution in [2.45, 2.75) is 26.8 Å². The van der Waals surface area contributed by atoms with Gasteiger partial charge in [-0.1, -0.05) is 19.1 Å². The molecule has 1 heterocycles. The molecule has 4 heteroatoms. The number of likely N-dealkylation sites (tertiary alicyclic amines) is 1. The maximum atomic E-state index is 5.84. The highest BCUT2D eigenvalue weighted by Crippen LogP contribution is 2.29. The van der Waals surface area contributed by atoms with Crippen LogP contribution in [0.2, 0.25) is 0 Å². The monoisotopic (exact) mass is 284 g/mol. The maximum absolute atomic E-state index is 5.84. The van der Waals surface area contributed by atoms with Crippen LogP contribution >= 0.6 is 12.4 Å². The first-order valence-corrected chi connectivity index (χ1v) is 6.79. The molecule has 1 aromatic carbocycles. The van der Waals surface area contributed by atoms with Gasteiger partial charge in [-0.3, -0.25) is 4.90 Å². The summed E-state index contributed by atoms with van der Waals surface area (Å²) in [6, 6.07) is 8.39. The average molecular weight is 285 g/mol. The van der Waals surface area contributed by atoms with E-state index >= 15 is 0 Å². The Morgan fingerprint density at radius 2 is 2.21 bits per heavy atom. The van der Waals surface area contributed by atoms with E-state index in [1.54, 1.807) is 0 Å². The Hall–Kier alpha value is -0.770. The van der Waals surface area contributed by atoms with Gasteiger partial charge >= 0.3 is 0 Å². The number of halogens is 1. The van der Waals surface area contributed by atoms with Crippen LogP contribution in [0.15, 0.2) is 24.3 Å². The van der Waals surface area contributed by atoms with Crippen molar-refractivity contribution in [2.75, 3.05) is 26.2 Å². The zero-order chi connectivity index (χ0) is 13.0. The normalized spacial score (nSPS) is 23.1. The quantitative estimate of drug-likeness (QED) is 0.903. The first-order chi connectivity index (χ1) is 8.65. The van der Waals surface area contributed by atoms with Gasteiger partial charge in [0.05, 0.1) is 6.61 Å². The molecular formula is C15H25ClN2O. The lowest BCUT2D eigenvalue weighted by molar-refractivity contribution is 0.274. The van der Waals surface area contributed by atoms with Crippen LogP contribution in [0.3, 0.4) is 0 Å². The fraction of sp³-hybridized carbons (Fsp3) is 0.600. The van der Waals surface area contributed by atoms with Gasteiger partial charge < -0.3 is 10.5 Å². The highest BCUT2D eigenvalue weighted by Gasteiger charge is 2.32. The predicted molar refractivity (Wildman–Crippen MR) is 81.9 cm³/mol. The number of rotatable bonds is 5. The fourth-order valence-electron chi connectivity index (χ4n) is 2.59. The van der Waals surface area contributed by atoms with E-state index in [-0.39, 0.29) is 12.4 Å². The summed E-state index contributed by atoms with van der Waals surface area (Å²) in [4.78, 5) is 2.48. The molecule has 1 unspecified atom stereocenters. The molecule has 3 nitrogen and oxygen atoms in total. The third kappa shape index (κ3) is 4.37. The SMILES string of the molecule is CCOc1cccc(CN2CCC(C)(CN)C2)c1.Cl. The van der Waals surface area contributed by atoms with Crippen molar-refractivity contribution in [2.24, 2.45) is 11.1 Å². The lowest BCUT2D eigenvalue weighted by Crippen LogP contribution is -2.31. The summed E-state index contributed by atoms with van der Waals surface area (Å²) in [6.45, 7) is 9.04. The molecule has 0 bridgehead atoms. The van der Waals surface area contributed by atoms with Gasteiger partial charge in [0.1, 0.15) is 5.75 Å². The smallest absolute Gasteiger partial charge is 0.119 e. The third-order valence-corrected chi connectivity index (χ3v) is 3.75. The van der Waals surface area contributed by atoms with E-state index in [1.807, 2.05) is 13.0 Å². The van der Waals surface area contributed by atoms with Gasteiger partial charge in [-0.05, 0) is 49.5 Å². The molecule has 0 amide bonds. The standard InChI is InChI=1S/C15H24N2O.ClH/c1-3-18-14-6-4-5-13(9-14)10-17-8-7-15(2,11-16)12-17;/h4-6,9H,3,7-8,10-12,16H2,1-2H3;1H. The summed E-state index contributed by atoms with van der Waals surface area (Å²) in [5.41, 5.74) is 7.47. The molecule has 1 saturated heterocycles. The summed E-state index contributed by atoms with van der Waals surface area (Å²) in [7, 11) is 0. The van der Waals surface area contributed by atoms with Crippen molar-refractivity contribution < 1.29 is 4.74 Å². The first kappa shape index (κ1) is 16.3. The number of nitrogens with zero attached hydrogens (tertiary/aromatic N) is 1. The van der Waals surface area contributed by atoms with E-state index in [0.29, 0.717) is 5.41 Å². The molecule has 2 N–H and O–H groups in total. The largest absolute Gasteiger partial charge is 0.494 e. The fourth-order valence-corrected chi connectivity index (χ4v) is 2.59. The molecule has 1 aromatic rings. The van der Waals surface area contributed by atoms with Gasteiger partial charge in [-0.2, -0.15) is 0 Å². The molecule has 0 spiro atoms. The second kappa shape index (κ2) is 7.13. The predicted octanol–water partition coefficient (Wildman–Crippen LogP) is 2.68. The number of benzene rings is 1. The summed E-state index contributed by atoms with van der Waals surface area (Å²) >= 11 is 0. The second-order valence-corrected chi connectivity index (χ2v) is 5.56. The topological polar surface area (TPSA) is 38.5 Å². The Balaban J connectivity index is 0.00000180. The maximum Gasteiger partial charge on any atom is 0.119 e. The van der Waals surface area contributed by atoms with Crippen LogP contribution in [0.5, 0.6) is 5.75 Å². The summed E-state index contributed by atoms with van der Waals surface area (Å²) < 4.78 is 5.53. The lowest BCUT2D eigenvalue weighted by Gasteiger charge is -2.22.